The van der Waals surface area contributed by atoms with Crippen molar-refractivity contribution in [3.63, 3.8) is 0 Å². The summed E-state index contributed by atoms with van der Waals surface area (Å²) in [4.78, 5) is 2.32. The molecule has 28 heavy (non-hydrogen) atoms. The smallest absolute Gasteiger partial charge is 0.271 e. The average Bonchev–Trinajstić information content (AvgIpc) is 3.03. The molecule has 0 saturated carbocycles. The van der Waals surface area contributed by atoms with Gasteiger partial charge in [-0.05, 0) is 62.1 Å². The fraction of sp³-hybridized carbons (Fsp3) is 0.435. The molecule has 1 atom stereocenters. The monoisotopic (exact) mass is 379 g/mol. The summed E-state index contributed by atoms with van der Waals surface area (Å²) in [7, 11) is 0. The quantitative estimate of drug-likeness (QED) is 0.813. The van der Waals surface area contributed by atoms with Gasteiger partial charge in [0.1, 0.15) is 18.9 Å². The lowest BCUT2D eigenvalue weighted by Crippen LogP contribution is -2.41. The van der Waals surface area contributed by atoms with Crippen LogP contribution in [0.2, 0.25) is 0 Å². The topological polar surface area (TPSA) is 44.9 Å². The Morgan fingerprint density at radius 1 is 1.00 bits per heavy atom. The molecule has 1 N–H and O–H groups in total. The van der Waals surface area contributed by atoms with Crippen molar-refractivity contribution in [1.82, 2.24) is 0 Å². The molecule has 3 heterocycles. The zero-order chi connectivity index (χ0) is 19.3. The number of amidine groups is 1. The summed E-state index contributed by atoms with van der Waals surface area (Å²) in [5.74, 6) is 2.70. The van der Waals surface area contributed by atoms with Crippen LogP contribution in [-0.4, -0.2) is 41.8 Å². The first kappa shape index (κ1) is 17.6. The number of benzene rings is 2. The first-order chi connectivity index (χ1) is 13.6. The third-order valence-electron chi connectivity index (χ3n) is 6.14. The highest BCUT2D eigenvalue weighted by molar-refractivity contribution is 5.96. The summed E-state index contributed by atoms with van der Waals surface area (Å²) in [6.45, 7) is 6.76. The van der Waals surface area contributed by atoms with Gasteiger partial charge in [0.15, 0.2) is 18.0 Å². The van der Waals surface area contributed by atoms with Crippen molar-refractivity contribution in [2.75, 3.05) is 31.2 Å². The molecule has 0 bridgehead atoms. The number of anilines is 1. The summed E-state index contributed by atoms with van der Waals surface area (Å²) in [6.07, 6.45) is 3.24. The molecule has 0 amide bonds. The summed E-state index contributed by atoms with van der Waals surface area (Å²) >= 11 is 0. The normalized spacial score (nSPS) is 23.8. The third-order valence-corrected chi connectivity index (χ3v) is 6.14. The van der Waals surface area contributed by atoms with E-state index in [0.29, 0.717) is 19.8 Å². The van der Waals surface area contributed by atoms with Gasteiger partial charge in [-0.3, -0.25) is 0 Å². The van der Waals surface area contributed by atoms with Gasteiger partial charge < -0.3 is 14.6 Å². The van der Waals surface area contributed by atoms with Gasteiger partial charge in [-0.25, -0.2) is 9.48 Å². The molecular formula is C23H27N2O3+. The summed E-state index contributed by atoms with van der Waals surface area (Å²) < 4.78 is 13.6. The standard InChI is InChI=1S/C23H27N2O3/c1-16-6-7-17(2)19(13-16)24-15-23(26,25-10-4-3-5-22(24)25)18-8-9-20-21(14-18)28-12-11-27-20/h6-9,13-14,26H,3-5,10-12,15H2,1-2H3/q+1/t23-/m1/s1. The third kappa shape index (κ3) is 2.68. The first-order valence-corrected chi connectivity index (χ1v) is 10.2. The Labute approximate surface area is 165 Å². The largest absolute Gasteiger partial charge is 0.486 e. The van der Waals surface area contributed by atoms with Crippen LogP contribution in [0.25, 0.3) is 0 Å². The van der Waals surface area contributed by atoms with Crippen molar-refractivity contribution in [3.05, 3.63) is 53.1 Å². The van der Waals surface area contributed by atoms with E-state index in [1.54, 1.807) is 0 Å². The fourth-order valence-corrected chi connectivity index (χ4v) is 4.67. The number of fused-ring (bicyclic) bond motifs is 1. The highest BCUT2D eigenvalue weighted by Crippen LogP contribution is 2.40. The van der Waals surface area contributed by atoms with E-state index >= 15 is 0 Å². The molecule has 3 aliphatic heterocycles. The van der Waals surface area contributed by atoms with Gasteiger partial charge in [-0.2, -0.15) is 0 Å². The average molecular weight is 379 g/mol. The van der Waals surface area contributed by atoms with E-state index < -0.39 is 5.72 Å². The van der Waals surface area contributed by atoms with Gasteiger partial charge in [-0.15, -0.1) is 0 Å². The highest BCUT2D eigenvalue weighted by Gasteiger charge is 2.53. The van der Waals surface area contributed by atoms with Crippen molar-refractivity contribution < 1.29 is 19.2 Å². The van der Waals surface area contributed by atoms with Gasteiger partial charge >= 0.3 is 0 Å². The summed E-state index contributed by atoms with van der Waals surface area (Å²) in [5.41, 5.74) is 3.45. The van der Waals surface area contributed by atoms with E-state index in [4.69, 9.17) is 9.47 Å². The zero-order valence-electron chi connectivity index (χ0n) is 16.6. The van der Waals surface area contributed by atoms with Crippen LogP contribution >= 0.6 is 0 Å². The molecule has 2 aromatic rings. The minimum atomic E-state index is -1.07. The van der Waals surface area contributed by atoms with Crippen molar-refractivity contribution in [2.24, 2.45) is 0 Å². The lowest BCUT2D eigenvalue weighted by atomic mass is 10.0. The maximum atomic E-state index is 11.9. The van der Waals surface area contributed by atoms with Crippen LogP contribution in [-0.2, 0) is 5.72 Å². The predicted octanol–water partition coefficient (Wildman–Crippen LogP) is 3.33. The lowest BCUT2D eigenvalue weighted by Gasteiger charge is -2.26. The number of hydrogen-bond donors (Lipinski definition) is 1. The van der Waals surface area contributed by atoms with Crippen LogP contribution in [0.5, 0.6) is 11.5 Å². The molecule has 2 aromatic carbocycles. The predicted molar refractivity (Wildman–Crippen MR) is 109 cm³/mol. The minimum absolute atomic E-state index is 0.520. The summed E-state index contributed by atoms with van der Waals surface area (Å²) in [6, 6.07) is 12.4. The molecule has 3 aliphatic rings. The van der Waals surface area contributed by atoms with Crippen LogP contribution in [0.3, 0.4) is 0 Å². The van der Waals surface area contributed by atoms with Crippen molar-refractivity contribution in [1.29, 1.82) is 0 Å². The molecular weight excluding hydrogens is 352 g/mol. The molecule has 0 aromatic heterocycles. The molecule has 0 spiro atoms. The number of β-amino-alcohol motifs (C(OH)–C–C–N with tert-alkyl or cyclic N) is 1. The van der Waals surface area contributed by atoms with Gasteiger partial charge in [-0.1, -0.05) is 12.1 Å². The van der Waals surface area contributed by atoms with E-state index in [0.717, 1.165) is 42.9 Å². The minimum Gasteiger partial charge on any atom is -0.486 e. The number of ether oxygens (including phenoxy) is 2. The van der Waals surface area contributed by atoms with Crippen LogP contribution < -0.4 is 14.4 Å². The van der Waals surface area contributed by atoms with Crippen molar-refractivity contribution >= 4 is 11.5 Å². The Morgan fingerprint density at radius 3 is 2.68 bits per heavy atom. The van der Waals surface area contributed by atoms with Gasteiger partial charge in [0.05, 0.1) is 6.54 Å². The molecule has 0 fully saturated rings. The van der Waals surface area contributed by atoms with E-state index in [2.05, 4.69) is 41.5 Å². The number of hydrogen-bond acceptors (Lipinski definition) is 4. The Balaban J connectivity index is 1.60. The number of rotatable bonds is 2. The Kier molecular flexibility index (Phi) is 4.09. The van der Waals surface area contributed by atoms with Crippen LogP contribution in [0, 0.1) is 13.8 Å². The maximum Gasteiger partial charge on any atom is 0.271 e. The molecule has 5 nitrogen and oxygen atoms in total. The van der Waals surface area contributed by atoms with Crippen LogP contribution in [0.1, 0.15) is 36.0 Å². The van der Waals surface area contributed by atoms with E-state index in [9.17, 15) is 5.11 Å². The van der Waals surface area contributed by atoms with Gasteiger partial charge in [0, 0.05) is 12.0 Å². The van der Waals surface area contributed by atoms with Gasteiger partial charge in [0.25, 0.3) is 11.6 Å². The van der Waals surface area contributed by atoms with Gasteiger partial charge in [0.2, 0.25) is 0 Å². The molecule has 146 valence electrons. The number of aryl methyl sites for hydroxylation is 2. The second-order valence-corrected chi connectivity index (χ2v) is 8.08. The molecule has 0 radical (unpaired) electrons. The Morgan fingerprint density at radius 2 is 1.82 bits per heavy atom. The molecule has 0 unspecified atom stereocenters. The van der Waals surface area contributed by atoms with Crippen molar-refractivity contribution in [3.8, 4) is 11.5 Å². The second-order valence-electron chi connectivity index (χ2n) is 8.08. The Hall–Kier alpha value is -2.53. The number of aliphatic hydroxyl groups is 1. The molecule has 5 rings (SSSR count). The first-order valence-electron chi connectivity index (χ1n) is 10.2. The fourth-order valence-electron chi connectivity index (χ4n) is 4.67. The zero-order valence-corrected chi connectivity index (χ0v) is 16.6. The highest BCUT2D eigenvalue weighted by atomic mass is 16.6. The maximum absolute atomic E-state index is 11.9. The Bertz CT molecular complexity index is 968. The second kappa shape index (κ2) is 6.52. The molecule has 0 aliphatic carbocycles. The van der Waals surface area contributed by atoms with E-state index in [1.807, 2.05) is 18.2 Å². The molecule has 5 heteroatoms. The van der Waals surface area contributed by atoms with Crippen molar-refractivity contribution in [2.45, 2.75) is 38.8 Å². The number of nitrogens with zero attached hydrogens (tertiary/aromatic N) is 2. The lowest BCUT2D eigenvalue weighted by molar-refractivity contribution is -0.661. The van der Waals surface area contributed by atoms with E-state index in [-0.39, 0.29) is 0 Å². The van der Waals surface area contributed by atoms with Crippen LogP contribution in [0.15, 0.2) is 36.4 Å². The summed E-state index contributed by atoms with van der Waals surface area (Å²) in [5, 5.41) is 11.9. The molecule has 0 saturated heterocycles. The van der Waals surface area contributed by atoms with E-state index in [1.165, 1.54) is 22.6 Å². The SMILES string of the molecule is Cc1ccc(C)c(N2C[C@@](O)(c3ccc4c(c3)OCCO4)[N+]3=C2CCCC3)c1. The van der Waals surface area contributed by atoms with Crippen LogP contribution in [0.4, 0.5) is 5.69 Å².